The summed E-state index contributed by atoms with van der Waals surface area (Å²) < 4.78 is 27.0. The van der Waals surface area contributed by atoms with Crippen molar-refractivity contribution in [1.82, 2.24) is 14.5 Å². The van der Waals surface area contributed by atoms with Gasteiger partial charge in [0.2, 0.25) is 10.0 Å². The van der Waals surface area contributed by atoms with E-state index in [4.69, 9.17) is 0 Å². The molecule has 0 unspecified atom stereocenters. The minimum Gasteiger partial charge on any atom is -0.306 e. The van der Waals surface area contributed by atoms with Gasteiger partial charge in [0.25, 0.3) is 5.91 Å². The first-order valence-corrected chi connectivity index (χ1v) is 11.5. The second-order valence-corrected chi connectivity index (χ2v) is 9.06. The molecule has 1 aliphatic heterocycles. The summed E-state index contributed by atoms with van der Waals surface area (Å²) in [7, 11) is -3.53. The van der Waals surface area contributed by atoms with Crippen LogP contribution >= 0.6 is 0 Å². The molecule has 1 N–H and O–H groups in total. The number of benzene rings is 2. The number of nitrogens with one attached hydrogen (secondary N) is 1. The number of anilines is 1. The second-order valence-electron chi connectivity index (χ2n) is 7.12. The standard InChI is InChI=1S/C22H24N4O3S/c1-3-25(4-2)30(28,29)18-10-11-21-17(14-18)12-13-26(21)22(27)20-15-19(23-24-20)16-8-6-5-7-9-16/h5-11,14-15H,3-4,12-13H2,1-2H3,(H,23,24). The van der Waals surface area contributed by atoms with Crippen molar-refractivity contribution >= 4 is 21.6 Å². The molecule has 0 saturated carbocycles. The minimum atomic E-state index is -3.53. The van der Waals surface area contributed by atoms with Crippen LogP contribution in [0.1, 0.15) is 29.9 Å². The predicted molar refractivity (Wildman–Crippen MR) is 116 cm³/mol. The molecular weight excluding hydrogens is 400 g/mol. The van der Waals surface area contributed by atoms with Crippen molar-refractivity contribution in [3.63, 3.8) is 0 Å². The molecule has 0 radical (unpaired) electrons. The molecule has 0 atom stereocenters. The zero-order valence-electron chi connectivity index (χ0n) is 17.0. The molecule has 1 aliphatic rings. The molecule has 2 heterocycles. The lowest BCUT2D eigenvalue weighted by molar-refractivity contribution is 0.0984. The molecule has 7 nitrogen and oxygen atoms in total. The summed E-state index contributed by atoms with van der Waals surface area (Å²) in [6, 6.07) is 16.4. The molecule has 30 heavy (non-hydrogen) atoms. The summed E-state index contributed by atoms with van der Waals surface area (Å²) in [5, 5.41) is 7.10. The summed E-state index contributed by atoms with van der Waals surface area (Å²) in [5.74, 6) is -0.178. The van der Waals surface area contributed by atoms with Crippen molar-refractivity contribution in [3.8, 4) is 11.3 Å². The van der Waals surface area contributed by atoms with Crippen molar-refractivity contribution in [2.24, 2.45) is 0 Å². The number of fused-ring (bicyclic) bond motifs is 1. The SMILES string of the molecule is CCN(CC)S(=O)(=O)c1ccc2c(c1)CCN2C(=O)c1cc(-c2ccccc2)n[nH]1. The molecule has 3 aromatic rings. The van der Waals surface area contributed by atoms with Gasteiger partial charge in [0, 0.05) is 30.9 Å². The Morgan fingerprint density at radius 3 is 2.53 bits per heavy atom. The molecule has 0 spiro atoms. The van der Waals surface area contributed by atoms with Gasteiger partial charge >= 0.3 is 0 Å². The first kappa shape index (κ1) is 20.3. The Morgan fingerprint density at radius 1 is 1.10 bits per heavy atom. The van der Waals surface area contributed by atoms with E-state index in [1.807, 2.05) is 44.2 Å². The minimum absolute atomic E-state index is 0.178. The van der Waals surface area contributed by atoms with Crippen LogP contribution in [0.4, 0.5) is 5.69 Å². The number of carbonyl (C=O) groups is 1. The number of aromatic amines is 1. The van der Waals surface area contributed by atoms with E-state index >= 15 is 0 Å². The van der Waals surface area contributed by atoms with Crippen LogP contribution in [-0.4, -0.2) is 48.5 Å². The van der Waals surface area contributed by atoms with E-state index in [1.54, 1.807) is 29.2 Å². The van der Waals surface area contributed by atoms with Crippen molar-refractivity contribution in [1.29, 1.82) is 0 Å². The quantitative estimate of drug-likeness (QED) is 0.658. The van der Waals surface area contributed by atoms with Gasteiger partial charge in [-0.1, -0.05) is 44.2 Å². The van der Waals surface area contributed by atoms with Gasteiger partial charge in [-0.05, 0) is 36.2 Å². The zero-order chi connectivity index (χ0) is 21.3. The molecule has 0 bridgehead atoms. The molecule has 2 aromatic carbocycles. The Hall–Kier alpha value is -2.97. The number of amides is 1. The van der Waals surface area contributed by atoms with E-state index in [0.29, 0.717) is 37.4 Å². The topological polar surface area (TPSA) is 86.4 Å². The first-order valence-electron chi connectivity index (χ1n) is 10.0. The third-order valence-electron chi connectivity index (χ3n) is 5.41. The smallest absolute Gasteiger partial charge is 0.276 e. The molecule has 0 saturated heterocycles. The molecule has 156 valence electrons. The number of hydrogen-bond acceptors (Lipinski definition) is 4. The summed E-state index contributed by atoms with van der Waals surface area (Å²) in [6.45, 7) is 4.99. The van der Waals surface area contributed by atoms with E-state index in [-0.39, 0.29) is 10.8 Å². The van der Waals surface area contributed by atoms with E-state index in [0.717, 1.165) is 16.8 Å². The highest BCUT2D eigenvalue weighted by atomic mass is 32.2. The average molecular weight is 425 g/mol. The van der Waals surface area contributed by atoms with Crippen LogP contribution in [0, 0.1) is 0 Å². The lowest BCUT2D eigenvalue weighted by Gasteiger charge is -2.20. The molecule has 1 aromatic heterocycles. The molecule has 1 amide bonds. The predicted octanol–water partition coefficient (Wildman–Crippen LogP) is 3.31. The maximum Gasteiger partial charge on any atom is 0.276 e. The van der Waals surface area contributed by atoms with Gasteiger partial charge in [-0.2, -0.15) is 9.40 Å². The van der Waals surface area contributed by atoms with Gasteiger partial charge in [0.05, 0.1) is 10.6 Å². The van der Waals surface area contributed by atoms with Crippen LogP contribution in [0.15, 0.2) is 59.5 Å². The largest absolute Gasteiger partial charge is 0.306 e. The van der Waals surface area contributed by atoms with Gasteiger partial charge in [-0.25, -0.2) is 8.42 Å². The van der Waals surface area contributed by atoms with Crippen LogP contribution in [0.25, 0.3) is 11.3 Å². The van der Waals surface area contributed by atoms with Crippen LogP contribution < -0.4 is 4.90 Å². The fourth-order valence-corrected chi connectivity index (χ4v) is 5.30. The van der Waals surface area contributed by atoms with Crippen LogP contribution in [-0.2, 0) is 16.4 Å². The number of hydrogen-bond donors (Lipinski definition) is 1. The Balaban J connectivity index is 1.60. The van der Waals surface area contributed by atoms with Gasteiger partial charge in [-0.15, -0.1) is 0 Å². The van der Waals surface area contributed by atoms with E-state index < -0.39 is 10.0 Å². The fourth-order valence-electron chi connectivity index (χ4n) is 3.80. The number of aromatic nitrogens is 2. The Bertz CT molecular complexity index is 1170. The number of nitrogens with zero attached hydrogens (tertiary/aromatic N) is 3. The zero-order valence-corrected chi connectivity index (χ0v) is 17.8. The summed E-state index contributed by atoms with van der Waals surface area (Å²) >= 11 is 0. The Kier molecular flexibility index (Phi) is 5.44. The van der Waals surface area contributed by atoms with Crippen LogP contribution in [0.2, 0.25) is 0 Å². The van der Waals surface area contributed by atoms with Gasteiger partial charge < -0.3 is 4.90 Å². The summed E-state index contributed by atoms with van der Waals surface area (Å²) in [5.41, 5.74) is 3.65. The maximum atomic E-state index is 13.1. The van der Waals surface area contributed by atoms with Crippen molar-refractivity contribution in [2.75, 3.05) is 24.5 Å². The maximum absolute atomic E-state index is 13.1. The molecule has 0 fully saturated rings. The van der Waals surface area contributed by atoms with E-state index in [1.165, 1.54) is 4.31 Å². The van der Waals surface area contributed by atoms with Gasteiger partial charge in [0.15, 0.2) is 0 Å². The summed E-state index contributed by atoms with van der Waals surface area (Å²) in [4.78, 5) is 15.0. The van der Waals surface area contributed by atoms with Crippen LogP contribution in [0.3, 0.4) is 0 Å². The first-order chi connectivity index (χ1) is 14.5. The Morgan fingerprint density at radius 2 is 1.83 bits per heavy atom. The molecule has 4 rings (SSSR count). The van der Waals surface area contributed by atoms with Gasteiger partial charge in [-0.3, -0.25) is 9.89 Å². The number of sulfonamides is 1. The lowest BCUT2D eigenvalue weighted by Crippen LogP contribution is -2.31. The van der Waals surface area contributed by atoms with Gasteiger partial charge in [0.1, 0.15) is 5.69 Å². The van der Waals surface area contributed by atoms with Crippen molar-refractivity contribution in [2.45, 2.75) is 25.2 Å². The Labute approximate surface area is 176 Å². The second kappa shape index (κ2) is 8.04. The van der Waals surface area contributed by atoms with E-state index in [9.17, 15) is 13.2 Å². The third-order valence-corrected chi connectivity index (χ3v) is 7.46. The monoisotopic (exact) mass is 424 g/mol. The van der Waals surface area contributed by atoms with E-state index in [2.05, 4.69) is 10.2 Å². The fraction of sp³-hybridized carbons (Fsp3) is 0.273. The molecule has 8 heteroatoms. The average Bonchev–Trinajstić information content (AvgIpc) is 3.42. The normalized spacial score (nSPS) is 13.6. The number of carbonyl (C=O) groups excluding carboxylic acids is 1. The third kappa shape index (κ3) is 3.53. The highest BCUT2D eigenvalue weighted by Gasteiger charge is 2.29. The molecular formula is C22H24N4O3S. The summed E-state index contributed by atoms with van der Waals surface area (Å²) in [6.07, 6.45) is 0.613. The van der Waals surface area contributed by atoms with Crippen LogP contribution in [0.5, 0.6) is 0 Å². The highest BCUT2D eigenvalue weighted by Crippen LogP contribution is 2.32. The lowest BCUT2D eigenvalue weighted by atomic mass is 10.1. The van der Waals surface area contributed by atoms with Crippen molar-refractivity contribution < 1.29 is 13.2 Å². The number of H-pyrrole nitrogens is 1. The highest BCUT2D eigenvalue weighted by molar-refractivity contribution is 7.89. The number of rotatable bonds is 6. The molecule has 0 aliphatic carbocycles. The van der Waals surface area contributed by atoms with Crippen molar-refractivity contribution in [3.05, 3.63) is 65.9 Å².